The summed E-state index contributed by atoms with van der Waals surface area (Å²) in [4.78, 5) is 13.2. The normalized spacial score (nSPS) is 11.2. The fraction of sp³-hybridized carbons (Fsp3) is 0. The molecule has 4 rings (SSSR count). The van der Waals surface area contributed by atoms with E-state index in [1.165, 1.54) is 59.9 Å². The van der Waals surface area contributed by atoms with E-state index in [2.05, 4.69) is 20.2 Å². The minimum Gasteiger partial charge on any atom is -0.402 e. The Morgan fingerprint density at radius 3 is 2.40 bits per heavy atom. The molecule has 2 aromatic heterocycles. The summed E-state index contributed by atoms with van der Waals surface area (Å²) in [6.07, 6.45) is 0. The quantitative estimate of drug-likeness (QED) is 0.437. The second-order valence-electron chi connectivity index (χ2n) is 5.98. The van der Waals surface area contributed by atoms with Gasteiger partial charge in [0.15, 0.2) is 0 Å². The third-order valence-electron chi connectivity index (χ3n) is 3.90. The van der Waals surface area contributed by atoms with Gasteiger partial charge in [0, 0.05) is 16.3 Å². The Bertz CT molecular complexity index is 1270. The minimum absolute atomic E-state index is 0.0316. The number of carbonyl (C=O) groups excluding carboxylic acids is 1. The summed E-state index contributed by atoms with van der Waals surface area (Å²) in [6.45, 7) is 0. The highest BCUT2D eigenvalue weighted by Gasteiger charge is 2.16. The van der Waals surface area contributed by atoms with Crippen LogP contribution in [0.2, 0.25) is 5.02 Å². The molecule has 0 spiro atoms. The van der Waals surface area contributed by atoms with Crippen molar-refractivity contribution in [1.82, 2.24) is 10.2 Å². The predicted octanol–water partition coefficient (Wildman–Crippen LogP) is 4.50. The number of carbonyl (C=O) groups is 1. The number of halogens is 1. The van der Waals surface area contributed by atoms with Gasteiger partial charge in [-0.2, -0.15) is 0 Å². The average Bonchev–Trinajstić information content (AvgIpc) is 3.40. The monoisotopic (exact) mass is 460 g/mol. The Morgan fingerprint density at radius 1 is 1.00 bits per heavy atom. The molecule has 0 fully saturated rings. The van der Waals surface area contributed by atoms with Crippen molar-refractivity contribution < 1.29 is 17.6 Å². The van der Waals surface area contributed by atoms with Gasteiger partial charge in [-0.05, 0) is 60.0 Å². The number of aromatic nitrogens is 2. The number of sulfonamides is 1. The standard InChI is InChI=1S/C19H13ClN4O4S2/c20-13-5-9-15(10-6-13)30(26,27)24-14-7-3-12(4-8-14)17(25)21-19-23-22-18(28-19)16-2-1-11-29-16/h1-11,24H,(H,21,23,25). The maximum atomic E-state index is 12.4. The largest absolute Gasteiger partial charge is 0.402 e. The molecule has 2 N–H and O–H groups in total. The summed E-state index contributed by atoms with van der Waals surface area (Å²) in [5.74, 6) is -0.157. The van der Waals surface area contributed by atoms with Gasteiger partial charge in [0.05, 0.1) is 9.77 Å². The fourth-order valence-corrected chi connectivity index (χ4v) is 4.29. The van der Waals surface area contributed by atoms with Crippen LogP contribution >= 0.6 is 22.9 Å². The van der Waals surface area contributed by atoms with Gasteiger partial charge in [-0.1, -0.05) is 22.8 Å². The van der Waals surface area contributed by atoms with E-state index in [4.69, 9.17) is 16.0 Å². The molecule has 0 unspecified atom stereocenters. The van der Waals surface area contributed by atoms with E-state index >= 15 is 0 Å². The lowest BCUT2D eigenvalue weighted by Gasteiger charge is -2.09. The number of hydrogen-bond donors (Lipinski definition) is 2. The highest BCUT2D eigenvalue weighted by molar-refractivity contribution is 7.92. The smallest absolute Gasteiger partial charge is 0.322 e. The molecule has 8 nitrogen and oxygen atoms in total. The Labute approximate surface area is 180 Å². The molecular formula is C19H13ClN4O4S2. The third-order valence-corrected chi connectivity index (χ3v) is 6.41. The molecule has 30 heavy (non-hydrogen) atoms. The second-order valence-corrected chi connectivity index (χ2v) is 9.05. The van der Waals surface area contributed by atoms with Crippen LogP contribution in [0.25, 0.3) is 10.8 Å². The molecule has 11 heteroatoms. The summed E-state index contributed by atoms with van der Waals surface area (Å²) in [6, 6.07) is 15.4. The Kier molecular flexibility index (Phi) is 5.53. The third kappa shape index (κ3) is 4.51. The molecule has 0 atom stereocenters. The minimum atomic E-state index is -3.77. The van der Waals surface area contributed by atoms with E-state index in [0.717, 1.165) is 4.88 Å². The van der Waals surface area contributed by atoms with Crippen molar-refractivity contribution in [3.8, 4) is 10.8 Å². The van der Waals surface area contributed by atoms with Gasteiger partial charge in [0.1, 0.15) is 0 Å². The van der Waals surface area contributed by atoms with Crippen molar-refractivity contribution in [1.29, 1.82) is 0 Å². The Hall–Kier alpha value is -3.21. The van der Waals surface area contributed by atoms with Crippen LogP contribution in [0.5, 0.6) is 0 Å². The fourth-order valence-electron chi connectivity index (χ4n) is 2.46. The molecule has 0 saturated heterocycles. The van der Waals surface area contributed by atoms with Crippen molar-refractivity contribution in [2.75, 3.05) is 10.0 Å². The summed E-state index contributed by atoms with van der Waals surface area (Å²) < 4.78 is 32.7. The van der Waals surface area contributed by atoms with Crippen molar-refractivity contribution in [3.05, 3.63) is 76.6 Å². The number of nitrogens with one attached hydrogen (secondary N) is 2. The number of amides is 1. The Balaban J connectivity index is 1.43. The van der Waals surface area contributed by atoms with E-state index in [0.29, 0.717) is 22.2 Å². The van der Waals surface area contributed by atoms with Crippen LogP contribution in [0, 0.1) is 0 Å². The van der Waals surface area contributed by atoms with Crippen LogP contribution in [-0.4, -0.2) is 24.5 Å². The molecule has 152 valence electrons. The van der Waals surface area contributed by atoms with Gasteiger partial charge in [-0.25, -0.2) is 8.42 Å². The zero-order valence-electron chi connectivity index (χ0n) is 15.1. The molecule has 0 saturated carbocycles. The Morgan fingerprint density at radius 2 is 1.73 bits per heavy atom. The van der Waals surface area contributed by atoms with E-state index in [1.54, 1.807) is 0 Å². The SMILES string of the molecule is O=C(Nc1nnc(-c2cccs2)o1)c1ccc(NS(=O)(=O)c2ccc(Cl)cc2)cc1. The van der Waals surface area contributed by atoms with Crippen molar-refractivity contribution in [2.45, 2.75) is 4.90 Å². The van der Waals surface area contributed by atoms with Crippen LogP contribution in [0.15, 0.2) is 75.4 Å². The predicted molar refractivity (Wildman–Crippen MR) is 114 cm³/mol. The van der Waals surface area contributed by atoms with E-state index in [-0.39, 0.29) is 10.9 Å². The molecule has 2 aromatic carbocycles. The van der Waals surface area contributed by atoms with Crippen molar-refractivity contribution in [3.63, 3.8) is 0 Å². The van der Waals surface area contributed by atoms with Crippen LogP contribution in [0.1, 0.15) is 10.4 Å². The first-order chi connectivity index (χ1) is 14.4. The van der Waals surface area contributed by atoms with Gasteiger partial charge in [-0.15, -0.1) is 16.4 Å². The molecule has 0 aliphatic rings. The highest BCUT2D eigenvalue weighted by atomic mass is 35.5. The lowest BCUT2D eigenvalue weighted by atomic mass is 10.2. The lowest BCUT2D eigenvalue weighted by molar-refractivity contribution is 0.102. The second kappa shape index (κ2) is 8.27. The van der Waals surface area contributed by atoms with Crippen molar-refractivity contribution in [2.24, 2.45) is 0 Å². The zero-order valence-corrected chi connectivity index (χ0v) is 17.5. The van der Waals surface area contributed by atoms with E-state index in [9.17, 15) is 13.2 Å². The van der Waals surface area contributed by atoms with Gasteiger partial charge < -0.3 is 4.42 Å². The number of hydrogen-bond acceptors (Lipinski definition) is 7. The summed E-state index contributed by atoms with van der Waals surface area (Å²) >= 11 is 7.22. The first-order valence-electron chi connectivity index (χ1n) is 8.48. The maximum absolute atomic E-state index is 12.4. The van der Waals surface area contributed by atoms with Gasteiger partial charge >= 0.3 is 6.01 Å². The van der Waals surface area contributed by atoms with Crippen LogP contribution < -0.4 is 10.0 Å². The molecule has 0 aliphatic carbocycles. The van der Waals surface area contributed by atoms with Gasteiger partial charge in [0.2, 0.25) is 0 Å². The molecule has 4 aromatic rings. The first kappa shape index (κ1) is 20.1. The molecular weight excluding hydrogens is 448 g/mol. The van der Waals surface area contributed by atoms with Crippen LogP contribution in [0.3, 0.4) is 0 Å². The topological polar surface area (TPSA) is 114 Å². The maximum Gasteiger partial charge on any atom is 0.322 e. The molecule has 2 heterocycles. The molecule has 0 radical (unpaired) electrons. The average molecular weight is 461 g/mol. The summed E-state index contributed by atoms with van der Waals surface area (Å²) in [7, 11) is -3.77. The number of anilines is 2. The van der Waals surface area contributed by atoms with E-state index in [1.807, 2.05) is 17.5 Å². The van der Waals surface area contributed by atoms with Gasteiger partial charge in [-0.3, -0.25) is 14.8 Å². The zero-order chi connectivity index (χ0) is 21.1. The lowest BCUT2D eigenvalue weighted by Crippen LogP contribution is -2.14. The number of rotatable bonds is 6. The number of benzene rings is 2. The molecule has 1 amide bonds. The number of nitrogens with zero attached hydrogens (tertiary/aromatic N) is 2. The summed E-state index contributed by atoms with van der Waals surface area (Å²) in [5.41, 5.74) is 0.597. The van der Waals surface area contributed by atoms with Crippen LogP contribution in [-0.2, 0) is 10.0 Å². The summed E-state index contributed by atoms with van der Waals surface area (Å²) in [5, 5.41) is 12.5. The van der Waals surface area contributed by atoms with Crippen LogP contribution in [0.4, 0.5) is 11.7 Å². The van der Waals surface area contributed by atoms with Crippen molar-refractivity contribution >= 4 is 50.6 Å². The number of thiophene rings is 1. The highest BCUT2D eigenvalue weighted by Crippen LogP contribution is 2.24. The van der Waals surface area contributed by atoms with E-state index < -0.39 is 15.9 Å². The molecule has 0 bridgehead atoms. The molecule has 0 aliphatic heterocycles. The van der Waals surface area contributed by atoms with Gasteiger partial charge in [0.25, 0.3) is 21.8 Å². The first-order valence-corrected chi connectivity index (χ1v) is 11.2.